The molecule has 5 rings (SSSR count). The van der Waals surface area contributed by atoms with Gasteiger partial charge in [-0.3, -0.25) is 9.59 Å². The third-order valence-electron chi connectivity index (χ3n) is 6.33. The SMILES string of the molecule is Cn1c2ccccc2c2c(C(=O)N3CCOCC3)cn(C3CCCC3)c(=O)c21. The molecule has 0 unspecified atom stereocenters. The van der Waals surface area contributed by atoms with Crippen molar-refractivity contribution in [3.8, 4) is 0 Å². The Bertz CT molecular complexity index is 1120. The van der Waals surface area contributed by atoms with Crippen molar-refractivity contribution in [3.63, 3.8) is 0 Å². The number of aryl methyl sites for hydroxylation is 1. The number of fused-ring (bicyclic) bond motifs is 3. The Labute approximate surface area is 163 Å². The van der Waals surface area contributed by atoms with Crippen molar-refractivity contribution in [3.05, 3.63) is 46.4 Å². The minimum Gasteiger partial charge on any atom is -0.378 e. The number of hydrogen-bond donors (Lipinski definition) is 0. The van der Waals surface area contributed by atoms with E-state index in [2.05, 4.69) is 0 Å². The zero-order valence-corrected chi connectivity index (χ0v) is 16.2. The van der Waals surface area contributed by atoms with Gasteiger partial charge in [0.2, 0.25) is 0 Å². The van der Waals surface area contributed by atoms with E-state index in [0.29, 0.717) is 37.4 Å². The number of pyridine rings is 1. The maximum absolute atomic E-state index is 13.5. The van der Waals surface area contributed by atoms with Crippen LogP contribution in [0.15, 0.2) is 35.3 Å². The summed E-state index contributed by atoms with van der Waals surface area (Å²) >= 11 is 0. The molecule has 3 heterocycles. The van der Waals surface area contributed by atoms with E-state index in [0.717, 1.165) is 42.0 Å². The van der Waals surface area contributed by atoms with Gasteiger partial charge in [-0.1, -0.05) is 31.0 Å². The molecule has 2 aromatic heterocycles. The molecule has 1 amide bonds. The lowest BCUT2D eigenvalue weighted by Gasteiger charge is -2.27. The maximum atomic E-state index is 13.5. The van der Waals surface area contributed by atoms with Gasteiger partial charge in [0.05, 0.1) is 18.8 Å². The first-order valence-electron chi connectivity index (χ1n) is 10.2. The minimum absolute atomic E-state index is 0.00333. The van der Waals surface area contributed by atoms with Gasteiger partial charge in [0.15, 0.2) is 0 Å². The number of nitrogens with zero attached hydrogens (tertiary/aromatic N) is 3. The zero-order valence-electron chi connectivity index (χ0n) is 16.2. The van der Waals surface area contributed by atoms with Crippen molar-refractivity contribution < 1.29 is 9.53 Å². The van der Waals surface area contributed by atoms with Crippen molar-refractivity contribution in [2.75, 3.05) is 26.3 Å². The van der Waals surface area contributed by atoms with Gasteiger partial charge >= 0.3 is 0 Å². The summed E-state index contributed by atoms with van der Waals surface area (Å²) in [6.45, 7) is 2.31. The average Bonchev–Trinajstić information content (AvgIpc) is 3.37. The van der Waals surface area contributed by atoms with Gasteiger partial charge < -0.3 is 18.8 Å². The van der Waals surface area contributed by atoms with E-state index in [1.165, 1.54) is 0 Å². The predicted molar refractivity (Wildman–Crippen MR) is 109 cm³/mol. The number of benzene rings is 1. The molecule has 1 aliphatic heterocycles. The van der Waals surface area contributed by atoms with Crippen molar-refractivity contribution >= 4 is 27.7 Å². The Morgan fingerprint density at radius 2 is 1.82 bits per heavy atom. The molecule has 2 fully saturated rings. The quantitative estimate of drug-likeness (QED) is 0.688. The number of amides is 1. The van der Waals surface area contributed by atoms with E-state index in [1.807, 2.05) is 51.5 Å². The van der Waals surface area contributed by atoms with Crippen LogP contribution >= 0.6 is 0 Å². The monoisotopic (exact) mass is 379 g/mol. The summed E-state index contributed by atoms with van der Waals surface area (Å²) < 4.78 is 9.21. The largest absolute Gasteiger partial charge is 0.378 e. The fraction of sp³-hybridized carbons (Fsp3) is 0.455. The summed E-state index contributed by atoms with van der Waals surface area (Å²) in [5.41, 5.74) is 2.27. The van der Waals surface area contributed by atoms with Crippen molar-refractivity contribution in [2.24, 2.45) is 7.05 Å². The first-order chi connectivity index (χ1) is 13.7. The molecule has 6 nitrogen and oxygen atoms in total. The number of para-hydroxylation sites is 1. The number of aromatic nitrogens is 2. The molecule has 3 aromatic rings. The van der Waals surface area contributed by atoms with Crippen LogP contribution in [0.4, 0.5) is 0 Å². The van der Waals surface area contributed by atoms with E-state index in [1.54, 1.807) is 0 Å². The molecule has 2 aliphatic rings. The van der Waals surface area contributed by atoms with Gasteiger partial charge in [-0.2, -0.15) is 0 Å². The summed E-state index contributed by atoms with van der Waals surface area (Å²) in [5.74, 6) is -0.00333. The Morgan fingerprint density at radius 3 is 2.57 bits per heavy atom. The van der Waals surface area contributed by atoms with Crippen LogP contribution in [0, 0.1) is 0 Å². The molecular formula is C22H25N3O3. The Morgan fingerprint density at radius 1 is 1.11 bits per heavy atom. The van der Waals surface area contributed by atoms with E-state index < -0.39 is 0 Å². The molecular weight excluding hydrogens is 354 g/mol. The molecule has 1 saturated heterocycles. The topological polar surface area (TPSA) is 56.5 Å². The summed E-state index contributed by atoms with van der Waals surface area (Å²) in [5, 5.41) is 1.75. The second-order valence-electron chi connectivity index (χ2n) is 7.90. The number of morpholine rings is 1. The second kappa shape index (κ2) is 6.78. The third kappa shape index (κ3) is 2.58. The molecule has 1 aliphatic carbocycles. The molecule has 146 valence electrons. The van der Waals surface area contributed by atoms with Crippen LogP contribution in [-0.2, 0) is 11.8 Å². The third-order valence-corrected chi connectivity index (χ3v) is 6.33. The van der Waals surface area contributed by atoms with Crippen LogP contribution in [0.25, 0.3) is 21.8 Å². The highest BCUT2D eigenvalue weighted by atomic mass is 16.5. The van der Waals surface area contributed by atoms with Crippen molar-refractivity contribution in [1.29, 1.82) is 0 Å². The molecule has 0 N–H and O–H groups in total. The van der Waals surface area contributed by atoms with Gasteiger partial charge in [0, 0.05) is 48.7 Å². The first-order valence-corrected chi connectivity index (χ1v) is 10.2. The van der Waals surface area contributed by atoms with Crippen LogP contribution in [0.2, 0.25) is 0 Å². The maximum Gasteiger partial charge on any atom is 0.275 e. The normalized spacial score (nSPS) is 18.4. The number of carbonyl (C=O) groups is 1. The standard InChI is InChI=1S/C22H25N3O3/c1-23-18-9-5-4-8-16(18)19-17(21(26)24-10-12-28-13-11-24)14-25(22(27)20(19)23)15-6-2-3-7-15/h4-5,8-9,14-15H,2-3,6-7,10-13H2,1H3. The lowest BCUT2D eigenvalue weighted by Crippen LogP contribution is -2.41. The van der Waals surface area contributed by atoms with Crippen LogP contribution < -0.4 is 5.56 Å². The molecule has 1 saturated carbocycles. The Balaban J connectivity index is 1.81. The predicted octanol–water partition coefficient (Wildman–Crippen LogP) is 3.08. The van der Waals surface area contributed by atoms with Crippen LogP contribution in [-0.4, -0.2) is 46.2 Å². The zero-order chi connectivity index (χ0) is 19.3. The molecule has 0 atom stereocenters. The summed E-state index contributed by atoms with van der Waals surface area (Å²) in [6, 6.07) is 8.14. The van der Waals surface area contributed by atoms with E-state index in [-0.39, 0.29) is 17.5 Å². The van der Waals surface area contributed by atoms with Crippen molar-refractivity contribution in [1.82, 2.24) is 14.0 Å². The minimum atomic E-state index is -0.00333. The molecule has 0 bridgehead atoms. The molecule has 0 radical (unpaired) electrons. The average molecular weight is 379 g/mol. The van der Waals surface area contributed by atoms with Crippen LogP contribution in [0.1, 0.15) is 42.1 Å². The molecule has 0 spiro atoms. The van der Waals surface area contributed by atoms with Gasteiger partial charge in [-0.25, -0.2) is 0 Å². The van der Waals surface area contributed by atoms with Gasteiger partial charge in [0.25, 0.3) is 11.5 Å². The highest BCUT2D eigenvalue weighted by Crippen LogP contribution is 2.33. The van der Waals surface area contributed by atoms with Gasteiger partial charge in [-0.05, 0) is 18.9 Å². The second-order valence-corrected chi connectivity index (χ2v) is 7.90. The van der Waals surface area contributed by atoms with E-state index >= 15 is 0 Å². The molecule has 28 heavy (non-hydrogen) atoms. The highest BCUT2D eigenvalue weighted by Gasteiger charge is 2.28. The summed E-state index contributed by atoms with van der Waals surface area (Å²) in [7, 11) is 1.92. The number of carbonyl (C=O) groups excluding carboxylic acids is 1. The highest BCUT2D eigenvalue weighted by molar-refractivity contribution is 6.17. The van der Waals surface area contributed by atoms with Gasteiger partial charge in [0.1, 0.15) is 5.52 Å². The van der Waals surface area contributed by atoms with Crippen LogP contribution in [0.5, 0.6) is 0 Å². The molecule has 1 aromatic carbocycles. The first kappa shape index (κ1) is 17.5. The van der Waals surface area contributed by atoms with E-state index in [4.69, 9.17) is 4.74 Å². The van der Waals surface area contributed by atoms with Crippen molar-refractivity contribution in [2.45, 2.75) is 31.7 Å². The Kier molecular flexibility index (Phi) is 4.23. The smallest absolute Gasteiger partial charge is 0.275 e. The number of rotatable bonds is 2. The van der Waals surface area contributed by atoms with Gasteiger partial charge in [-0.15, -0.1) is 0 Å². The van der Waals surface area contributed by atoms with Crippen LogP contribution in [0.3, 0.4) is 0 Å². The number of ether oxygens (including phenoxy) is 1. The summed E-state index contributed by atoms with van der Waals surface area (Å²) in [6.07, 6.45) is 6.11. The fourth-order valence-corrected chi connectivity index (χ4v) is 4.85. The Hall–Kier alpha value is -2.60. The lowest BCUT2D eigenvalue weighted by atomic mass is 10.1. The fourth-order valence-electron chi connectivity index (χ4n) is 4.85. The summed E-state index contributed by atoms with van der Waals surface area (Å²) in [4.78, 5) is 28.8. The molecule has 6 heteroatoms. The number of hydrogen-bond acceptors (Lipinski definition) is 3. The lowest BCUT2D eigenvalue weighted by molar-refractivity contribution is 0.0303. The van der Waals surface area contributed by atoms with E-state index in [9.17, 15) is 9.59 Å².